The Balaban J connectivity index is 1.67. The number of furan rings is 1. The molecule has 0 fully saturated rings. The van der Waals surface area contributed by atoms with Gasteiger partial charge in [0.1, 0.15) is 23.9 Å². The van der Waals surface area contributed by atoms with E-state index in [9.17, 15) is 0 Å². The number of aromatic amines is 1. The molecule has 1 N–H and O–H groups in total. The van der Waals surface area contributed by atoms with Gasteiger partial charge in [-0.25, -0.2) is 0 Å². The SMILES string of the molecule is CCc1n[nH]c(=S)n1/N=C/c1ccc(COc2ccccc2Cl)o1. The first kappa shape index (κ1) is 16.5. The summed E-state index contributed by atoms with van der Waals surface area (Å²) in [5, 5.41) is 11.7. The van der Waals surface area contributed by atoms with Gasteiger partial charge in [-0.15, -0.1) is 0 Å². The van der Waals surface area contributed by atoms with Crippen molar-refractivity contribution in [2.75, 3.05) is 0 Å². The number of halogens is 1. The molecule has 0 aliphatic rings. The van der Waals surface area contributed by atoms with E-state index in [2.05, 4.69) is 15.3 Å². The zero-order valence-electron chi connectivity index (χ0n) is 12.9. The van der Waals surface area contributed by atoms with Crippen LogP contribution in [-0.2, 0) is 13.0 Å². The van der Waals surface area contributed by atoms with Crippen molar-refractivity contribution in [3.8, 4) is 5.75 Å². The van der Waals surface area contributed by atoms with Gasteiger partial charge in [0.25, 0.3) is 0 Å². The topological polar surface area (TPSA) is 68.3 Å². The number of aromatic nitrogens is 3. The maximum absolute atomic E-state index is 6.05. The van der Waals surface area contributed by atoms with E-state index in [1.165, 1.54) is 0 Å². The summed E-state index contributed by atoms with van der Waals surface area (Å²) in [6.07, 6.45) is 2.31. The smallest absolute Gasteiger partial charge is 0.216 e. The standard InChI is InChI=1S/C16H15ClN4O2S/c1-2-15-19-20-16(24)21(15)18-9-11-7-8-12(23-11)10-22-14-6-4-3-5-13(14)17/h3-9H,2,10H2,1H3,(H,20,24)/b18-9+. The highest BCUT2D eigenvalue weighted by Crippen LogP contribution is 2.24. The van der Waals surface area contributed by atoms with Crippen LogP contribution in [0, 0.1) is 4.77 Å². The number of rotatable bonds is 6. The molecule has 0 atom stereocenters. The number of para-hydroxylation sites is 1. The fourth-order valence-corrected chi connectivity index (χ4v) is 2.43. The molecular weight excluding hydrogens is 348 g/mol. The van der Waals surface area contributed by atoms with Crippen LogP contribution in [0.4, 0.5) is 0 Å². The monoisotopic (exact) mass is 362 g/mol. The second kappa shape index (κ2) is 7.46. The summed E-state index contributed by atoms with van der Waals surface area (Å²) < 4.78 is 13.3. The van der Waals surface area contributed by atoms with Gasteiger partial charge in [0.05, 0.1) is 11.2 Å². The lowest BCUT2D eigenvalue weighted by Gasteiger charge is -2.05. The van der Waals surface area contributed by atoms with Crippen molar-refractivity contribution < 1.29 is 9.15 Å². The highest BCUT2D eigenvalue weighted by molar-refractivity contribution is 7.71. The molecule has 0 aliphatic heterocycles. The molecule has 0 bridgehead atoms. The second-order valence-corrected chi connectivity index (χ2v) is 5.67. The quantitative estimate of drug-likeness (QED) is 0.526. The predicted octanol–water partition coefficient (Wildman–Crippen LogP) is 4.21. The van der Waals surface area contributed by atoms with Crippen molar-refractivity contribution in [1.82, 2.24) is 14.9 Å². The Bertz CT molecular complexity index is 913. The highest BCUT2D eigenvalue weighted by Gasteiger charge is 2.05. The molecule has 3 aromatic rings. The molecule has 8 heteroatoms. The van der Waals surface area contributed by atoms with Crippen molar-refractivity contribution in [3.63, 3.8) is 0 Å². The molecule has 1 aromatic carbocycles. The van der Waals surface area contributed by atoms with E-state index in [-0.39, 0.29) is 6.61 Å². The number of hydrogen-bond donors (Lipinski definition) is 1. The van der Waals surface area contributed by atoms with Crippen LogP contribution in [0.15, 0.2) is 45.9 Å². The molecule has 3 rings (SSSR count). The molecule has 124 valence electrons. The van der Waals surface area contributed by atoms with Gasteiger partial charge in [0, 0.05) is 6.42 Å². The van der Waals surface area contributed by atoms with Gasteiger partial charge in [0.2, 0.25) is 4.77 Å². The molecular formula is C16H15ClN4O2S. The molecule has 0 spiro atoms. The molecule has 24 heavy (non-hydrogen) atoms. The van der Waals surface area contributed by atoms with Crippen molar-refractivity contribution >= 4 is 30.0 Å². The largest absolute Gasteiger partial charge is 0.484 e. The molecule has 0 radical (unpaired) electrons. The first-order chi connectivity index (χ1) is 11.7. The van der Waals surface area contributed by atoms with Crippen LogP contribution >= 0.6 is 23.8 Å². The lowest BCUT2D eigenvalue weighted by molar-refractivity contribution is 0.270. The van der Waals surface area contributed by atoms with E-state index >= 15 is 0 Å². The maximum atomic E-state index is 6.05. The van der Waals surface area contributed by atoms with Crippen molar-refractivity contribution in [2.24, 2.45) is 5.10 Å². The number of ether oxygens (including phenoxy) is 1. The number of benzene rings is 1. The van der Waals surface area contributed by atoms with Gasteiger partial charge in [-0.2, -0.15) is 14.9 Å². The Morgan fingerprint density at radius 3 is 3.00 bits per heavy atom. The zero-order chi connectivity index (χ0) is 16.9. The number of nitrogens with zero attached hydrogens (tertiary/aromatic N) is 3. The summed E-state index contributed by atoms with van der Waals surface area (Å²) in [6.45, 7) is 2.26. The molecule has 6 nitrogen and oxygen atoms in total. The van der Waals surface area contributed by atoms with Crippen LogP contribution < -0.4 is 4.74 Å². The summed E-state index contributed by atoms with van der Waals surface area (Å²) in [7, 11) is 0. The maximum Gasteiger partial charge on any atom is 0.216 e. The Labute approximate surface area is 148 Å². The van der Waals surface area contributed by atoms with E-state index in [0.717, 1.165) is 12.2 Å². The van der Waals surface area contributed by atoms with E-state index in [1.54, 1.807) is 23.0 Å². The third kappa shape index (κ3) is 3.74. The van der Waals surface area contributed by atoms with Crippen molar-refractivity contribution in [2.45, 2.75) is 20.0 Å². The Hall–Kier alpha value is -2.38. The zero-order valence-corrected chi connectivity index (χ0v) is 14.5. The van der Waals surface area contributed by atoms with Gasteiger partial charge in [0.15, 0.2) is 5.82 Å². The van der Waals surface area contributed by atoms with E-state index < -0.39 is 0 Å². The average Bonchev–Trinajstić information content (AvgIpc) is 3.18. The Morgan fingerprint density at radius 2 is 2.21 bits per heavy atom. The summed E-state index contributed by atoms with van der Waals surface area (Å²) in [6, 6.07) is 10.9. The molecule has 0 saturated heterocycles. The van der Waals surface area contributed by atoms with Crippen LogP contribution in [0.1, 0.15) is 24.3 Å². The molecule has 2 aromatic heterocycles. The summed E-state index contributed by atoms with van der Waals surface area (Å²) >= 11 is 11.2. The van der Waals surface area contributed by atoms with Gasteiger partial charge in [-0.05, 0) is 36.5 Å². The second-order valence-electron chi connectivity index (χ2n) is 4.88. The van der Waals surface area contributed by atoms with Crippen LogP contribution in [0.5, 0.6) is 5.75 Å². The van der Waals surface area contributed by atoms with E-state index in [0.29, 0.717) is 27.1 Å². The average molecular weight is 363 g/mol. The molecule has 0 saturated carbocycles. The summed E-state index contributed by atoms with van der Waals surface area (Å²) in [5.74, 6) is 2.63. The normalized spacial score (nSPS) is 11.2. The molecule has 0 amide bonds. The summed E-state index contributed by atoms with van der Waals surface area (Å²) in [4.78, 5) is 0. The Morgan fingerprint density at radius 1 is 1.38 bits per heavy atom. The fraction of sp³-hybridized carbons (Fsp3) is 0.188. The van der Waals surface area contributed by atoms with Crippen molar-refractivity contribution in [3.05, 3.63) is 63.5 Å². The van der Waals surface area contributed by atoms with Gasteiger partial charge in [-0.3, -0.25) is 5.10 Å². The Kier molecular flexibility index (Phi) is 5.12. The first-order valence-corrected chi connectivity index (χ1v) is 8.12. The molecule has 0 unspecified atom stereocenters. The van der Waals surface area contributed by atoms with Gasteiger partial charge in [-0.1, -0.05) is 30.7 Å². The first-order valence-electron chi connectivity index (χ1n) is 7.34. The summed E-state index contributed by atoms with van der Waals surface area (Å²) in [5.41, 5.74) is 0. The van der Waals surface area contributed by atoms with E-state index in [1.807, 2.05) is 31.2 Å². The number of H-pyrrole nitrogens is 1. The fourth-order valence-electron chi connectivity index (χ4n) is 2.04. The van der Waals surface area contributed by atoms with Crippen LogP contribution in [0.3, 0.4) is 0 Å². The highest BCUT2D eigenvalue weighted by atomic mass is 35.5. The number of hydrogen-bond acceptors (Lipinski definition) is 5. The third-order valence-electron chi connectivity index (χ3n) is 3.22. The minimum absolute atomic E-state index is 0.281. The van der Waals surface area contributed by atoms with Crippen molar-refractivity contribution in [1.29, 1.82) is 0 Å². The van der Waals surface area contributed by atoms with Crippen LogP contribution in [0.25, 0.3) is 0 Å². The third-order valence-corrected chi connectivity index (χ3v) is 3.80. The van der Waals surface area contributed by atoms with Gasteiger partial charge < -0.3 is 9.15 Å². The minimum atomic E-state index is 0.281. The minimum Gasteiger partial charge on any atom is -0.484 e. The lowest BCUT2D eigenvalue weighted by Crippen LogP contribution is -1.97. The van der Waals surface area contributed by atoms with Crippen LogP contribution in [-0.4, -0.2) is 21.1 Å². The van der Waals surface area contributed by atoms with E-state index in [4.69, 9.17) is 33.0 Å². The number of aryl methyl sites for hydroxylation is 1. The molecule has 2 heterocycles. The predicted molar refractivity (Wildman–Crippen MR) is 94.3 cm³/mol. The molecule has 0 aliphatic carbocycles. The lowest BCUT2D eigenvalue weighted by atomic mass is 10.3. The van der Waals surface area contributed by atoms with Gasteiger partial charge >= 0.3 is 0 Å². The van der Waals surface area contributed by atoms with Crippen LogP contribution in [0.2, 0.25) is 5.02 Å². The number of nitrogens with one attached hydrogen (secondary N) is 1.